The number of aliphatic hydroxyl groups excluding tert-OH is 2. The first-order chi connectivity index (χ1) is 30.7. The number of nitrogens with zero attached hydrogens (tertiary/aromatic N) is 2. The van der Waals surface area contributed by atoms with Crippen LogP contribution in [0.4, 0.5) is 5.69 Å². The largest absolute Gasteiger partial charge is 0.460 e. The number of allylic oxidation sites excluding steroid dienone is 1. The maximum absolute atomic E-state index is 11.4. The van der Waals surface area contributed by atoms with Gasteiger partial charge in [-0.05, 0) is 139 Å². The van der Waals surface area contributed by atoms with Crippen LogP contribution >= 0.6 is 11.8 Å². The summed E-state index contributed by atoms with van der Waals surface area (Å²) in [6.45, 7) is 8.87. The van der Waals surface area contributed by atoms with E-state index in [4.69, 9.17) is 24.2 Å². The number of fused-ring (bicyclic) bond motifs is 3. The van der Waals surface area contributed by atoms with Crippen LogP contribution in [0.5, 0.6) is 17.2 Å². The molecule has 1 aliphatic heterocycles. The Labute approximate surface area is 373 Å². The summed E-state index contributed by atoms with van der Waals surface area (Å²) in [6, 6.07) is 33.5. The van der Waals surface area contributed by atoms with Crippen LogP contribution < -0.4 is 9.47 Å². The molecule has 1 heterocycles. The van der Waals surface area contributed by atoms with Gasteiger partial charge in [-0.15, -0.1) is 18.3 Å². The van der Waals surface area contributed by atoms with E-state index < -0.39 is 10.7 Å². The van der Waals surface area contributed by atoms with Gasteiger partial charge in [0.15, 0.2) is 0 Å². The van der Waals surface area contributed by atoms with Crippen molar-refractivity contribution in [2.45, 2.75) is 87.3 Å². The molecule has 3 aliphatic rings. The fourth-order valence-electron chi connectivity index (χ4n) is 9.71. The maximum atomic E-state index is 11.4. The van der Waals surface area contributed by atoms with Crippen LogP contribution in [0, 0.1) is 41.7 Å². The molecule has 6 atom stereocenters. The smallest absolute Gasteiger partial charge is 0.269 e. The highest BCUT2D eigenvalue weighted by molar-refractivity contribution is 8.00. The zero-order valence-electron chi connectivity index (χ0n) is 36.0. The topological polar surface area (TPSA) is 133 Å². The number of oxime groups is 1. The van der Waals surface area contributed by atoms with Gasteiger partial charge in [0.1, 0.15) is 23.9 Å². The Bertz CT molecular complexity index is 2490. The lowest BCUT2D eigenvalue weighted by atomic mass is 9.56. The predicted octanol–water partition coefficient (Wildman–Crippen LogP) is 11.8. The van der Waals surface area contributed by atoms with Crippen molar-refractivity contribution in [1.29, 1.82) is 0 Å². The summed E-state index contributed by atoms with van der Waals surface area (Å²) in [5.74, 6) is 0.851. The molecular formula is C52H56N2O8S. The van der Waals surface area contributed by atoms with Crippen molar-refractivity contribution < 1.29 is 34.2 Å². The Morgan fingerprint density at radius 2 is 1.63 bits per heavy atom. The van der Waals surface area contributed by atoms with Crippen LogP contribution in [0.3, 0.4) is 0 Å². The Kier molecular flexibility index (Phi) is 14.0. The SMILES string of the molecule is C=CCOC12Oc3ccc(Oc4ccc(C)c(C)c4)cc3C3C(CCCCO)C(CCCCO)C=C(C(=NOCc4ccc([N+](=O)[O-])cc4)CC1Sc1ccc4ccccc4c1)C32. The number of thioether (sulfide) groups is 1. The van der Waals surface area contributed by atoms with E-state index >= 15 is 0 Å². The van der Waals surface area contributed by atoms with Crippen LogP contribution in [0.2, 0.25) is 0 Å². The highest BCUT2D eigenvalue weighted by Crippen LogP contribution is 2.63. The summed E-state index contributed by atoms with van der Waals surface area (Å²) in [7, 11) is 0. The zero-order chi connectivity index (χ0) is 43.9. The minimum absolute atomic E-state index is 0.0149. The number of benzene rings is 5. The van der Waals surface area contributed by atoms with Crippen molar-refractivity contribution in [3.8, 4) is 17.2 Å². The quantitative estimate of drug-likeness (QED) is 0.0360. The maximum Gasteiger partial charge on any atom is 0.269 e. The summed E-state index contributed by atoms with van der Waals surface area (Å²) in [5.41, 5.74) is 5.97. The van der Waals surface area contributed by atoms with Crippen molar-refractivity contribution in [2.24, 2.45) is 22.9 Å². The third-order valence-corrected chi connectivity index (χ3v) is 14.2. The van der Waals surface area contributed by atoms with Crippen molar-refractivity contribution in [3.63, 3.8) is 0 Å². The summed E-state index contributed by atoms with van der Waals surface area (Å²) in [6.07, 6.45) is 9.41. The minimum atomic E-state index is -1.16. The molecule has 5 aromatic rings. The molecule has 0 radical (unpaired) electrons. The molecule has 1 fully saturated rings. The Morgan fingerprint density at radius 3 is 2.38 bits per heavy atom. The Balaban J connectivity index is 1.29. The van der Waals surface area contributed by atoms with Gasteiger partial charge in [-0.25, -0.2) is 0 Å². The van der Waals surface area contributed by atoms with Gasteiger partial charge in [-0.1, -0.05) is 66.5 Å². The molecule has 0 saturated heterocycles. The summed E-state index contributed by atoms with van der Waals surface area (Å²) < 4.78 is 21.2. The van der Waals surface area contributed by atoms with Crippen molar-refractivity contribution in [2.75, 3.05) is 19.8 Å². The lowest BCUT2D eigenvalue weighted by Crippen LogP contribution is -2.64. The third-order valence-electron chi connectivity index (χ3n) is 12.9. The first-order valence-corrected chi connectivity index (χ1v) is 22.9. The van der Waals surface area contributed by atoms with Crippen molar-refractivity contribution in [1.82, 2.24) is 0 Å². The number of aliphatic hydroxyl groups is 2. The monoisotopic (exact) mass is 868 g/mol. The van der Waals surface area contributed by atoms with Crippen LogP contribution in [-0.2, 0) is 16.2 Å². The van der Waals surface area contributed by atoms with Gasteiger partial charge in [-0.2, -0.15) is 0 Å². The molecule has 5 aromatic carbocycles. The van der Waals surface area contributed by atoms with Crippen molar-refractivity contribution in [3.05, 3.63) is 160 Å². The molecule has 10 nitrogen and oxygen atoms in total. The molecule has 0 aromatic heterocycles. The van der Waals surface area contributed by atoms with Gasteiger partial charge in [-0.3, -0.25) is 10.1 Å². The van der Waals surface area contributed by atoms with Gasteiger partial charge in [0.2, 0.25) is 5.79 Å². The first kappa shape index (κ1) is 44.2. The standard InChI is InChI=1S/C52H56N2O8S/c1-4-27-59-52-49(63-43-23-18-37-11-5-6-12-38(37)29-43)32-47(53-60-33-36-16-19-40(20-17-36)54(57)58)45-30-39(13-7-9-25-55)44(14-8-10-26-56)50(51(45)52)46-31-42(22-24-48(46)62-52)61-41-21-15-34(2)35(3)28-41/h4-6,11-12,15-24,28-31,39,44,49-51,55-56H,1,7-10,13-14,25-27,32-33H2,2-3H3. The van der Waals surface area contributed by atoms with E-state index in [0.29, 0.717) is 25.0 Å². The van der Waals surface area contributed by atoms with E-state index in [2.05, 4.69) is 81.1 Å². The van der Waals surface area contributed by atoms with Crippen LogP contribution in [0.1, 0.15) is 73.1 Å². The fraction of sp³-hybridized carbons (Fsp3) is 0.365. The van der Waals surface area contributed by atoms with Crippen molar-refractivity contribution >= 4 is 33.9 Å². The highest BCUT2D eigenvalue weighted by atomic mass is 32.2. The molecule has 6 unspecified atom stereocenters. The number of unbranched alkanes of at least 4 members (excludes halogenated alkanes) is 2. The van der Waals surface area contributed by atoms with Crippen LogP contribution in [0.25, 0.3) is 10.8 Å². The predicted molar refractivity (Wildman–Crippen MR) is 249 cm³/mol. The second kappa shape index (κ2) is 19.9. The lowest BCUT2D eigenvalue weighted by Gasteiger charge is -2.58. The second-order valence-electron chi connectivity index (χ2n) is 16.9. The lowest BCUT2D eigenvalue weighted by molar-refractivity contribution is -0.384. The zero-order valence-corrected chi connectivity index (χ0v) is 36.8. The highest BCUT2D eigenvalue weighted by Gasteiger charge is 2.64. The van der Waals surface area contributed by atoms with Gasteiger partial charge in [0, 0.05) is 48.1 Å². The van der Waals surface area contributed by atoms with E-state index in [1.54, 1.807) is 30.0 Å². The molecule has 0 spiro atoms. The Hall–Kier alpha value is -5.46. The number of nitro benzene ring substituents is 1. The molecule has 8 rings (SSSR count). The number of hydrogen-bond donors (Lipinski definition) is 2. The van der Waals surface area contributed by atoms with E-state index in [1.807, 2.05) is 24.3 Å². The number of aryl methyl sites for hydroxylation is 2. The third kappa shape index (κ3) is 9.57. The van der Waals surface area contributed by atoms with Crippen LogP contribution in [0.15, 0.2) is 137 Å². The van der Waals surface area contributed by atoms with E-state index in [1.165, 1.54) is 17.7 Å². The van der Waals surface area contributed by atoms with E-state index in [9.17, 15) is 20.3 Å². The molecule has 0 amide bonds. The molecular weight excluding hydrogens is 813 g/mol. The average Bonchev–Trinajstić information content (AvgIpc) is 3.29. The fourth-order valence-corrected chi connectivity index (χ4v) is 11.0. The van der Waals surface area contributed by atoms with E-state index in [0.717, 1.165) is 80.8 Å². The number of hydrogen-bond acceptors (Lipinski definition) is 10. The summed E-state index contributed by atoms with van der Waals surface area (Å²) in [5, 5.41) is 38.2. The first-order valence-electron chi connectivity index (χ1n) is 22.1. The number of ether oxygens (including phenoxy) is 3. The molecule has 1 saturated carbocycles. The molecule has 63 heavy (non-hydrogen) atoms. The molecule has 2 N–H and O–H groups in total. The minimum Gasteiger partial charge on any atom is -0.460 e. The molecule has 0 bridgehead atoms. The summed E-state index contributed by atoms with van der Waals surface area (Å²) >= 11 is 1.72. The second-order valence-corrected chi connectivity index (χ2v) is 18.2. The number of non-ortho nitro benzene ring substituents is 1. The van der Waals surface area contributed by atoms with Gasteiger partial charge < -0.3 is 29.3 Å². The summed E-state index contributed by atoms with van der Waals surface area (Å²) in [4.78, 5) is 18.2. The molecule has 11 heteroatoms. The molecule has 328 valence electrons. The van der Waals surface area contributed by atoms with Crippen LogP contribution in [-0.4, -0.2) is 51.7 Å². The van der Waals surface area contributed by atoms with Gasteiger partial charge in [0.25, 0.3) is 5.69 Å². The Morgan fingerprint density at radius 1 is 0.889 bits per heavy atom. The average molecular weight is 869 g/mol. The molecule has 2 aliphatic carbocycles. The number of rotatable bonds is 19. The van der Waals surface area contributed by atoms with Gasteiger partial charge >= 0.3 is 0 Å². The van der Waals surface area contributed by atoms with E-state index in [-0.39, 0.29) is 61.0 Å². The number of nitro groups is 1. The normalized spacial score (nSPS) is 23.0. The van der Waals surface area contributed by atoms with Gasteiger partial charge in [0.05, 0.1) is 28.4 Å².